The Morgan fingerprint density at radius 3 is 2.20 bits per heavy atom. The van der Waals surface area contributed by atoms with Gasteiger partial charge < -0.3 is 4.74 Å². The Labute approximate surface area is 145 Å². The molecule has 126 valence electrons. The molecule has 4 rings (SSSR count). The summed E-state index contributed by atoms with van der Waals surface area (Å²) in [4.78, 5) is 30.5. The van der Waals surface area contributed by atoms with E-state index in [-0.39, 0.29) is 11.8 Å². The average Bonchev–Trinajstić information content (AvgIpc) is 2.93. The third-order valence-corrected chi connectivity index (χ3v) is 4.59. The number of aromatic nitrogens is 1. The summed E-state index contributed by atoms with van der Waals surface area (Å²) in [6.45, 7) is 0.444. The molecule has 2 aliphatic rings. The second-order valence-corrected chi connectivity index (χ2v) is 6.24. The Bertz CT molecular complexity index is 813. The van der Waals surface area contributed by atoms with Crippen LogP contribution < -0.4 is 9.64 Å². The van der Waals surface area contributed by atoms with Gasteiger partial charge in [-0.05, 0) is 43.4 Å². The predicted octanol–water partition coefficient (Wildman–Crippen LogP) is 3.40. The van der Waals surface area contributed by atoms with Crippen molar-refractivity contribution >= 4 is 17.6 Å². The summed E-state index contributed by atoms with van der Waals surface area (Å²) in [6, 6.07) is 13.2. The van der Waals surface area contributed by atoms with E-state index in [1.165, 1.54) is 4.90 Å². The van der Waals surface area contributed by atoms with Crippen molar-refractivity contribution in [2.75, 3.05) is 4.90 Å². The second kappa shape index (κ2) is 6.51. The Balaban J connectivity index is 1.47. The van der Waals surface area contributed by atoms with E-state index < -0.39 is 0 Å². The normalized spacial score (nSPS) is 17.0. The van der Waals surface area contributed by atoms with E-state index in [1.807, 2.05) is 30.3 Å². The predicted molar refractivity (Wildman–Crippen MR) is 93.0 cm³/mol. The number of hydrogen-bond acceptors (Lipinski definition) is 4. The SMILES string of the molecule is O=C1C2=C(CCCC2)C(=O)N1c1ccc(OCc2ccccc2)cn1. The lowest BCUT2D eigenvalue weighted by molar-refractivity contribution is -0.120. The minimum absolute atomic E-state index is 0.217. The molecule has 2 amide bonds. The van der Waals surface area contributed by atoms with Crippen LogP contribution >= 0.6 is 0 Å². The number of carbonyl (C=O) groups excluding carboxylic acids is 2. The number of pyridine rings is 1. The molecule has 0 bridgehead atoms. The Morgan fingerprint density at radius 2 is 1.60 bits per heavy atom. The maximum absolute atomic E-state index is 12.5. The van der Waals surface area contributed by atoms with Crippen molar-refractivity contribution in [2.24, 2.45) is 0 Å². The molecule has 0 spiro atoms. The molecule has 2 heterocycles. The van der Waals surface area contributed by atoms with Gasteiger partial charge in [-0.1, -0.05) is 30.3 Å². The van der Waals surface area contributed by atoms with Crippen LogP contribution in [0.2, 0.25) is 0 Å². The van der Waals surface area contributed by atoms with Gasteiger partial charge in [-0.2, -0.15) is 0 Å². The molecule has 1 aliphatic heterocycles. The highest BCUT2D eigenvalue weighted by atomic mass is 16.5. The van der Waals surface area contributed by atoms with Crippen LogP contribution in [-0.4, -0.2) is 16.8 Å². The Kier molecular flexibility index (Phi) is 4.06. The fraction of sp³-hybridized carbons (Fsp3) is 0.250. The highest BCUT2D eigenvalue weighted by Gasteiger charge is 2.40. The summed E-state index contributed by atoms with van der Waals surface area (Å²) in [6.07, 6.45) is 4.86. The minimum Gasteiger partial charge on any atom is -0.487 e. The summed E-state index contributed by atoms with van der Waals surface area (Å²) in [5.74, 6) is 0.524. The third kappa shape index (κ3) is 2.93. The molecule has 0 N–H and O–H groups in total. The van der Waals surface area contributed by atoms with Crippen LogP contribution in [0.4, 0.5) is 5.82 Å². The van der Waals surface area contributed by atoms with Crippen LogP contribution in [-0.2, 0) is 16.2 Å². The molecule has 1 aromatic carbocycles. The molecule has 0 saturated carbocycles. The fourth-order valence-electron chi connectivity index (χ4n) is 3.28. The number of hydrogen-bond donors (Lipinski definition) is 0. The van der Waals surface area contributed by atoms with Gasteiger partial charge in [0.05, 0.1) is 6.20 Å². The molecule has 1 aromatic heterocycles. The van der Waals surface area contributed by atoms with Crippen LogP contribution in [0, 0.1) is 0 Å². The lowest BCUT2D eigenvalue weighted by atomic mass is 9.93. The molecule has 0 radical (unpaired) electrons. The third-order valence-electron chi connectivity index (χ3n) is 4.59. The van der Waals surface area contributed by atoms with Crippen molar-refractivity contribution in [3.8, 4) is 5.75 Å². The number of rotatable bonds is 4. The first-order valence-corrected chi connectivity index (χ1v) is 8.47. The van der Waals surface area contributed by atoms with Crippen LogP contribution in [0.15, 0.2) is 59.8 Å². The molecular weight excluding hydrogens is 316 g/mol. The maximum atomic E-state index is 12.5. The van der Waals surface area contributed by atoms with E-state index in [1.54, 1.807) is 18.3 Å². The lowest BCUT2D eigenvalue weighted by Gasteiger charge is -2.14. The standard InChI is InChI=1S/C20H18N2O3/c23-19-16-8-4-5-9-17(16)20(24)22(19)18-11-10-15(12-21-18)25-13-14-6-2-1-3-7-14/h1-3,6-7,10-12H,4-5,8-9,13H2. The molecule has 1 aliphatic carbocycles. The van der Waals surface area contributed by atoms with Gasteiger partial charge in [0, 0.05) is 11.1 Å². The van der Waals surface area contributed by atoms with Gasteiger partial charge >= 0.3 is 0 Å². The average molecular weight is 334 g/mol. The van der Waals surface area contributed by atoms with Gasteiger partial charge in [0.25, 0.3) is 11.8 Å². The Hall–Kier alpha value is -2.95. The van der Waals surface area contributed by atoms with Gasteiger partial charge in [-0.25, -0.2) is 9.88 Å². The van der Waals surface area contributed by atoms with Gasteiger partial charge in [0.15, 0.2) is 0 Å². The molecule has 0 saturated heterocycles. The quantitative estimate of drug-likeness (QED) is 0.804. The monoisotopic (exact) mass is 334 g/mol. The topological polar surface area (TPSA) is 59.5 Å². The van der Waals surface area contributed by atoms with Crippen LogP contribution in [0.25, 0.3) is 0 Å². The number of benzene rings is 1. The van der Waals surface area contributed by atoms with Crippen molar-refractivity contribution in [3.05, 3.63) is 65.4 Å². The molecule has 25 heavy (non-hydrogen) atoms. The Morgan fingerprint density at radius 1 is 0.920 bits per heavy atom. The number of imide groups is 1. The maximum Gasteiger partial charge on any atom is 0.262 e. The number of amides is 2. The zero-order chi connectivity index (χ0) is 17.2. The van der Waals surface area contributed by atoms with Gasteiger partial charge in [0.1, 0.15) is 18.2 Å². The number of carbonyl (C=O) groups is 2. The van der Waals surface area contributed by atoms with E-state index in [0.29, 0.717) is 42.2 Å². The minimum atomic E-state index is -0.217. The molecule has 0 unspecified atom stereocenters. The van der Waals surface area contributed by atoms with E-state index in [0.717, 1.165) is 18.4 Å². The summed E-state index contributed by atoms with van der Waals surface area (Å²) in [7, 11) is 0. The molecular formula is C20H18N2O3. The van der Waals surface area contributed by atoms with Gasteiger partial charge in [-0.15, -0.1) is 0 Å². The number of anilines is 1. The van der Waals surface area contributed by atoms with Crippen molar-refractivity contribution in [1.82, 2.24) is 4.98 Å². The molecule has 5 nitrogen and oxygen atoms in total. The fourth-order valence-corrected chi connectivity index (χ4v) is 3.28. The summed E-state index contributed by atoms with van der Waals surface area (Å²) in [5.41, 5.74) is 2.40. The zero-order valence-corrected chi connectivity index (χ0v) is 13.8. The number of ether oxygens (including phenoxy) is 1. The van der Waals surface area contributed by atoms with E-state index in [4.69, 9.17) is 4.74 Å². The smallest absolute Gasteiger partial charge is 0.262 e. The van der Waals surface area contributed by atoms with Gasteiger partial charge in [0.2, 0.25) is 0 Å². The van der Waals surface area contributed by atoms with Crippen LogP contribution in [0.5, 0.6) is 5.75 Å². The van der Waals surface area contributed by atoms with Gasteiger partial charge in [-0.3, -0.25) is 9.59 Å². The lowest BCUT2D eigenvalue weighted by Crippen LogP contribution is -2.32. The van der Waals surface area contributed by atoms with Crippen molar-refractivity contribution in [1.29, 1.82) is 0 Å². The molecule has 0 fully saturated rings. The van der Waals surface area contributed by atoms with Crippen molar-refractivity contribution in [3.63, 3.8) is 0 Å². The highest BCUT2D eigenvalue weighted by molar-refractivity contribution is 6.32. The summed E-state index contributed by atoms with van der Waals surface area (Å²) < 4.78 is 5.70. The first-order valence-electron chi connectivity index (χ1n) is 8.47. The molecule has 2 aromatic rings. The van der Waals surface area contributed by atoms with E-state index in [9.17, 15) is 9.59 Å². The highest BCUT2D eigenvalue weighted by Crippen LogP contribution is 2.35. The number of nitrogens with zero attached hydrogens (tertiary/aromatic N) is 2. The van der Waals surface area contributed by atoms with Crippen molar-refractivity contribution < 1.29 is 14.3 Å². The first kappa shape index (κ1) is 15.6. The largest absolute Gasteiger partial charge is 0.487 e. The summed E-state index contributed by atoms with van der Waals surface area (Å²) >= 11 is 0. The van der Waals surface area contributed by atoms with Crippen molar-refractivity contribution in [2.45, 2.75) is 32.3 Å². The van der Waals surface area contributed by atoms with Crippen LogP contribution in [0.1, 0.15) is 31.2 Å². The summed E-state index contributed by atoms with van der Waals surface area (Å²) in [5, 5.41) is 0. The molecule has 0 atom stereocenters. The zero-order valence-electron chi connectivity index (χ0n) is 13.8. The van der Waals surface area contributed by atoms with E-state index >= 15 is 0 Å². The van der Waals surface area contributed by atoms with Crippen LogP contribution in [0.3, 0.4) is 0 Å². The molecule has 5 heteroatoms. The second-order valence-electron chi connectivity index (χ2n) is 6.24. The van der Waals surface area contributed by atoms with E-state index in [2.05, 4.69) is 4.98 Å². The first-order chi connectivity index (χ1) is 12.2.